The van der Waals surface area contributed by atoms with Crippen LogP contribution in [0.5, 0.6) is 0 Å². The predicted octanol–water partition coefficient (Wildman–Crippen LogP) is 2.54. The Hall–Kier alpha value is -1.85. The fraction of sp³-hybridized carbons (Fsp3) is 0.273. The van der Waals surface area contributed by atoms with Gasteiger partial charge in [-0.3, -0.25) is 0 Å². The Morgan fingerprint density at radius 2 is 1.82 bits per heavy atom. The highest BCUT2D eigenvalue weighted by atomic mass is 19.4. The normalized spacial score (nSPS) is 12.6. The number of hydrogen-bond donors (Lipinski definition) is 1. The van der Waals surface area contributed by atoms with Crippen molar-refractivity contribution in [3.8, 4) is 0 Å². The maximum atomic E-state index is 12.1. The SMILES string of the molecule is Cc1ccc(C(=[N-])N=C(N)C(F)(F)F)cc1C. The number of nitrogens with zero attached hydrogens (tertiary/aromatic N) is 2. The smallest absolute Gasteiger partial charge is 0.427 e. The first-order chi connectivity index (χ1) is 7.71. The highest BCUT2D eigenvalue weighted by molar-refractivity contribution is 6.09. The van der Waals surface area contributed by atoms with E-state index in [9.17, 15) is 18.6 Å². The second-order valence-corrected chi connectivity index (χ2v) is 3.62. The molecule has 3 nitrogen and oxygen atoms in total. The van der Waals surface area contributed by atoms with Crippen LogP contribution in [-0.2, 0) is 0 Å². The zero-order valence-electron chi connectivity index (χ0n) is 9.34. The molecule has 0 atom stereocenters. The van der Waals surface area contributed by atoms with Crippen molar-refractivity contribution in [3.05, 3.63) is 40.3 Å². The van der Waals surface area contributed by atoms with Gasteiger partial charge in [-0.05, 0) is 30.5 Å². The second-order valence-electron chi connectivity index (χ2n) is 3.62. The van der Waals surface area contributed by atoms with Gasteiger partial charge >= 0.3 is 6.18 Å². The first-order valence-corrected chi connectivity index (χ1v) is 4.76. The van der Waals surface area contributed by atoms with Crippen LogP contribution in [0.15, 0.2) is 23.2 Å². The molecule has 2 N–H and O–H groups in total. The molecule has 0 spiro atoms. The molecule has 0 aliphatic carbocycles. The molecular weight excluding hydrogens is 231 g/mol. The highest BCUT2D eigenvalue weighted by Crippen LogP contribution is 2.16. The van der Waals surface area contributed by atoms with E-state index < -0.39 is 17.8 Å². The summed E-state index contributed by atoms with van der Waals surface area (Å²) >= 11 is 0. The predicted molar refractivity (Wildman–Crippen MR) is 61.1 cm³/mol. The topological polar surface area (TPSA) is 60.7 Å². The van der Waals surface area contributed by atoms with Gasteiger partial charge in [0.25, 0.3) is 0 Å². The summed E-state index contributed by atoms with van der Waals surface area (Å²) in [5.41, 5.74) is 6.71. The van der Waals surface area contributed by atoms with E-state index in [-0.39, 0.29) is 5.56 Å². The molecule has 0 saturated heterocycles. The van der Waals surface area contributed by atoms with Gasteiger partial charge in [-0.25, -0.2) is 0 Å². The molecule has 0 aliphatic heterocycles. The second kappa shape index (κ2) is 4.57. The van der Waals surface area contributed by atoms with Crippen LogP contribution in [0.4, 0.5) is 13.2 Å². The van der Waals surface area contributed by atoms with Crippen LogP contribution in [0.2, 0.25) is 0 Å². The van der Waals surface area contributed by atoms with Crippen molar-refractivity contribution in [2.45, 2.75) is 20.0 Å². The van der Waals surface area contributed by atoms with E-state index in [2.05, 4.69) is 4.99 Å². The number of halogens is 3. The summed E-state index contributed by atoms with van der Waals surface area (Å²) in [5, 5.41) is 9.42. The van der Waals surface area contributed by atoms with Crippen LogP contribution >= 0.6 is 0 Å². The molecule has 0 heterocycles. The average Bonchev–Trinajstić information content (AvgIpc) is 2.20. The minimum atomic E-state index is -4.74. The van der Waals surface area contributed by atoms with Gasteiger partial charge in [-0.2, -0.15) is 13.2 Å². The van der Waals surface area contributed by atoms with E-state index in [1.165, 1.54) is 12.1 Å². The Balaban J connectivity index is 3.02. The van der Waals surface area contributed by atoms with E-state index in [1.54, 1.807) is 13.0 Å². The van der Waals surface area contributed by atoms with Gasteiger partial charge in [-0.15, -0.1) is 0 Å². The van der Waals surface area contributed by atoms with E-state index >= 15 is 0 Å². The lowest BCUT2D eigenvalue weighted by atomic mass is 10.1. The molecule has 92 valence electrons. The molecular formula is C11H11F3N3-. The largest absolute Gasteiger partial charge is 0.464 e. The number of rotatable bonds is 1. The third-order valence-corrected chi connectivity index (χ3v) is 2.28. The monoisotopic (exact) mass is 242 g/mol. The zero-order valence-corrected chi connectivity index (χ0v) is 9.34. The summed E-state index contributed by atoms with van der Waals surface area (Å²) in [4.78, 5) is 2.93. The number of benzene rings is 1. The van der Waals surface area contributed by atoms with Gasteiger partial charge in [0.1, 0.15) is 5.84 Å². The zero-order chi connectivity index (χ0) is 13.2. The molecule has 1 aromatic rings. The number of aliphatic imine (C=N–C) groups is 1. The molecule has 1 aromatic carbocycles. The number of amidine groups is 2. The molecule has 0 radical (unpaired) electrons. The Morgan fingerprint density at radius 1 is 1.24 bits per heavy atom. The van der Waals surface area contributed by atoms with Gasteiger partial charge in [0, 0.05) is 0 Å². The molecule has 0 aliphatic rings. The average molecular weight is 242 g/mol. The van der Waals surface area contributed by atoms with Gasteiger partial charge < -0.3 is 16.1 Å². The number of alkyl halides is 3. The Kier molecular flexibility index (Phi) is 3.55. The van der Waals surface area contributed by atoms with Crippen molar-refractivity contribution < 1.29 is 13.2 Å². The van der Waals surface area contributed by atoms with Crippen LogP contribution in [0.1, 0.15) is 16.7 Å². The Morgan fingerprint density at radius 3 is 2.29 bits per heavy atom. The summed E-state index contributed by atoms with van der Waals surface area (Å²) in [6, 6.07) is 4.70. The molecule has 0 amide bonds. The maximum Gasteiger partial charge on any atom is 0.427 e. The van der Waals surface area contributed by atoms with Gasteiger partial charge in [0.15, 0.2) is 0 Å². The van der Waals surface area contributed by atoms with Crippen molar-refractivity contribution in [1.82, 2.24) is 0 Å². The lowest BCUT2D eigenvalue weighted by molar-refractivity contribution is -0.0597. The van der Waals surface area contributed by atoms with Gasteiger partial charge in [0.2, 0.25) is 0 Å². The molecule has 1 rings (SSSR count). The fourth-order valence-electron chi connectivity index (χ4n) is 1.12. The van der Waals surface area contributed by atoms with Crippen LogP contribution in [0, 0.1) is 13.8 Å². The summed E-state index contributed by atoms with van der Waals surface area (Å²) in [5.74, 6) is -2.32. The molecule has 17 heavy (non-hydrogen) atoms. The molecule has 0 bridgehead atoms. The van der Waals surface area contributed by atoms with Crippen LogP contribution < -0.4 is 5.73 Å². The molecule has 6 heteroatoms. The summed E-state index contributed by atoms with van der Waals surface area (Å²) < 4.78 is 36.3. The molecule has 0 fully saturated rings. The molecule has 0 saturated carbocycles. The van der Waals surface area contributed by atoms with Crippen molar-refractivity contribution in [3.63, 3.8) is 0 Å². The molecule has 0 unspecified atom stereocenters. The number of hydrogen-bond acceptors (Lipinski definition) is 0. The lowest BCUT2D eigenvalue weighted by Crippen LogP contribution is -2.32. The van der Waals surface area contributed by atoms with E-state index in [0.29, 0.717) is 0 Å². The quantitative estimate of drug-likeness (QED) is 0.597. The summed E-state index contributed by atoms with van der Waals surface area (Å²) in [6.07, 6.45) is -4.74. The minimum absolute atomic E-state index is 0.195. The van der Waals surface area contributed by atoms with Crippen molar-refractivity contribution in [2.75, 3.05) is 0 Å². The first-order valence-electron chi connectivity index (χ1n) is 4.76. The standard InChI is InChI=1S/C11H11F3N3/c1-6-3-4-8(5-7(6)2)9(15)17-10(16)11(12,13)14/h3-5H,1-2H3,(H2-,15,16,17)/q-1. The summed E-state index contributed by atoms with van der Waals surface area (Å²) in [6.45, 7) is 3.63. The third-order valence-electron chi connectivity index (χ3n) is 2.28. The maximum absolute atomic E-state index is 12.1. The first kappa shape index (κ1) is 13.2. The van der Waals surface area contributed by atoms with Crippen molar-refractivity contribution in [1.29, 1.82) is 0 Å². The van der Waals surface area contributed by atoms with Crippen LogP contribution in [0.25, 0.3) is 5.41 Å². The summed E-state index contributed by atoms with van der Waals surface area (Å²) in [7, 11) is 0. The number of aryl methyl sites for hydroxylation is 2. The van der Waals surface area contributed by atoms with Crippen molar-refractivity contribution >= 4 is 11.7 Å². The van der Waals surface area contributed by atoms with E-state index in [1.807, 2.05) is 6.92 Å². The Labute approximate surface area is 96.7 Å². The minimum Gasteiger partial charge on any atom is -0.464 e. The van der Waals surface area contributed by atoms with E-state index in [4.69, 9.17) is 5.73 Å². The van der Waals surface area contributed by atoms with Gasteiger partial charge in [-0.1, -0.05) is 24.0 Å². The third kappa shape index (κ3) is 3.30. The molecule has 0 aromatic heterocycles. The van der Waals surface area contributed by atoms with Crippen molar-refractivity contribution in [2.24, 2.45) is 10.7 Å². The number of nitrogens with two attached hydrogens (primary N) is 1. The van der Waals surface area contributed by atoms with Crippen LogP contribution in [-0.4, -0.2) is 17.8 Å². The fourth-order valence-corrected chi connectivity index (χ4v) is 1.12. The van der Waals surface area contributed by atoms with Crippen LogP contribution in [0.3, 0.4) is 0 Å². The highest BCUT2D eigenvalue weighted by Gasteiger charge is 2.29. The Bertz CT molecular complexity index is 475. The lowest BCUT2D eigenvalue weighted by Gasteiger charge is -2.15. The van der Waals surface area contributed by atoms with E-state index in [0.717, 1.165) is 11.1 Å². The van der Waals surface area contributed by atoms with Gasteiger partial charge in [0.05, 0.1) is 0 Å².